The van der Waals surface area contributed by atoms with Gasteiger partial charge < -0.3 is 25.2 Å². The SMILES string of the molecule is CC/C=C\C/C=C\C/C=C\C/C=C\C/C=C\CCCCCCCCCC(=O)OC(COCCCCCCCCCCCCCCCCCCCC)COP(=O)(O)OCC(N)C(=O)O. The van der Waals surface area contributed by atoms with E-state index >= 15 is 0 Å². The Hall–Kier alpha value is -2.33. The van der Waals surface area contributed by atoms with Crippen LogP contribution in [0.4, 0.5) is 0 Å². The molecule has 0 aromatic rings. The fourth-order valence-electron chi connectivity index (χ4n) is 6.93. The molecule has 0 aliphatic carbocycles. The Kier molecular flexibility index (Phi) is 45.9. The van der Waals surface area contributed by atoms with Crippen LogP contribution in [0.2, 0.25) is 0 Å². The molecule has 4 N–H and O–H groups in total. The number of carbonyl (C=O) groups is 2. The van der Waals surface area contributed by atoms with E-state index in [2.05, 4.69) is 74.6 Å². The number of unbranched alkanes of at least 4 members (excludes halogenated alkanes) is 24. The highest BCUT2D eigenvalue weighted by Gasteiger charge is 2.27. The summed E-state index contributed by atoms with van der Waals surface area (Å²) >= 11 is 0. The predicted molar refractivity (Wildman–Crippen MR) is 263 cm³/mol. The van der Waals surface area contributed by atoms with Crippen molar-refractivity contribution < 1.29 is 42.7 Å². The quantitative estimate of drug-likeness (QED) is 0.0233. The molecule has 0 radical (unpaired) electrons. The molecule has 0 rings (SSSR count). The highest BCUT2D eigenvalue weighted by Crippen LogP contribution is 2.43. The van der Waals surface area contributed by atoms with E-state index in [1.807, 2.05) is 0 Å². The lowest BCUT2D eigenvalue weighted by Gasteiger charge is -2.20. The average molecular weight is 908 g/mol. The molecule has 366 valence electrons. The summed E-state index contributed by atoms with van der Waals surface area (Å²) in [7, 11) is -4.63. The summed E-state index contributed by atoms with van der Waals surface area (Å²) in [5.74, 6) is -1.79. The normalized spacial score (nSPS) is 14.2. The van der Waals surface area contributed by atoms with Crippen LogP contribution in [0.5, 0.6) is 0 Å². The number of phosphoric ester groups is 1. The fraction of sp³-hybridized carbons (Fsp3) is 0.769. The summed E-state index contributed by atoms with van der Waals surface area (Å²) < 4.78 is 33.5. The van der Waals surface area contributed by atoms with Crippen molar-refractivity contribution in [2.75, 3.05) is 26.4 Å². The molecule has 10 nitrogen and oxygen atoms in total. The lowest BCUT2D eigenvalue weighted by molar-refractivity contribution is -0.154. The molecule has 0 saturated carbocycles. The summed E-state index contributed by atoms with van der Waals surface area (Å²) in [5.41, 5.74) is 5.37. The van der Waals surface area contributed by atoms with E-state index in [1.165, 1.54) is 116 Å². The minimum atomic E-state index is -4.63. The molecule has 0 aromatic carbocycles. The molecule has 0 heterocycles. The summed E-state index contributed by atoms with van der Waals surface area (Å²) in [5, 5.41) is 8.93. The standard InChI is InChI=1S/C52H94NO9P/c1-3-5-7-9-11-13-15-17-19-21-23-24-25-26-27-28-30-32-34-36-38-40-42-44-51(54)62-49(47-60-63(57,58)61-48-50(53)52(55)56)46-59-45-43-41-39-37-35-33-31-29-22-20-18-16-14-12-10-8-6-4-2/h5,7,11,13,17,19,23-24,26-27,49-50H,3-4,6,8-10,12,14-16,18,20-22,25,28-48,53H2,1-2H3,(H,55,56)(H,57,58)/b7-5-,13-11-,19-17-,24-23-,27-26-. The molecule has 3 atom stereocenters. The number of hydrogen-bond acceptors (Lipinski definition) is 8. The van der Waals surface area contributed by atoms with Gasteiger partial charge in [-0.15, -0.1) is 0 Å². The zero-order valence-corrected chi connectivity index (χ0v) is 41.1. The minimum absolute atomic E-state index is 0.0129. The van der Waals surface area contributed by atoms with Gasteiger partial charge in [0.15, 0.2) is 0 Å². The number of carboxylic acid groups (broad SMARTS) is 1. The number of allylic oxidation sites excluding steroid dienone is 10. The molecule has 0 spiro atoms. The highest BCUT2D eigenvalue weighted by atomic mass is 31.2. The maximum Gasteiger partial charge on any atom is 0.472 e. The monoisotopic (exact) mass is 908 g/mol. The van der Waals surface area contributed by atoms with Gasteiger partial charge in [-0.05, 0) is 57.8 Å². The Balaban J connectivity index is 4.17. The zero-order valence-electron chi connectivity index (χ0n) is 40.2. The van der Waals surface area contributed by atoms with Crippen molar-refractivity contribution >= 4 is 19.8 Å². The third kappa shape index (κ3) is 47.5. The fourth-order valence-corrected chi connectivity index (χ4v) is 7.70. The van der Waals surface area contributed by atoms with Crippen LogP contribution in [-0.4, -0.2) is 60.5 Å². The van der Waals surface area contributed by atoms with E-state index in [-0.39, 0.29) is 13.0 Å². The molecule has 11 heteroatoms. The maximum absolute atomic E-state index is 12.7. The Morgan fingerprint density at radius 3 is 1.38 bits per heavy atom. The number of nitrogens with two attached hydrogens (primary N) is 1. The van der Waals surface area contributed by atoms with Gasteiger partial charge in [0, 0.05) is 13.0 Å². The van der Waals surface area contributed by atoms with Gasteiger partial charge in [-0.1, -0.05) is 216 Å². The van der Waals surface area contributed by atoms with E-state index in [1.54, 1.807) is 0 Å². The van der Waals surface area contributed by atoms with Crippen molar-refractivity contribution in [1.82, 2.24) is 0 Å². The van der Waals surface area contributed by atoms with Gasteiger partial charge in [-0.3, -0.25) is 18.6 Å². The largest absolute Gasteiger partial charge is 0.480 e. The Morgan fingerprint density at radius 2 is 0.921 bits per heavy atom. The first kappa shape index (κ1) is 60.7. The second-order valence-electron chi connectivity index (χ2n) is 16.9. The van der Waals surface area contributed by atoms with Crippen molar-refractivity contribution in [3.8, 4) is 0 Å². The van der Waals surface area contributed by atoms with Crippen LogP contribution >= 0.6 is 7.82 Å². The average Bonchev–Trinajstić information content (AvgIpc) is 3.26. The van der Waals surface area contributed by atoms with Crippen LogP contribution in [0.3, 0.4) is 0 Å². The third-order valence-corrected chi connectivity index (χ3v) is 11.8. The van der Waals surface area contributed by atoms with Crippen LogP contribution < -0.4 is 5.73 Å². The molecule has 0 bridgehead atoms. The molecular formula is C52H94NO9P. The Labute approximate surface area is 385 Å². The summed E-state index contributed by atoms with van der Waals surface area (Å²) in [6, 6.07) is -1.48. The molecule has 3 unspecified atom stereocenters. The van der Waals surface area contributed by atoms with Crippen molar-refractivity contribution in [2.24, 2.45) is 5.73 Å². The summed E-state index contributed by atoms with van der Waals surface area (Å²) in [4.78, 5) is 33.7. The number of hydrogen-bond donors (Lipinski definition) is 3. The lowest BCUT2D eigenvalue weighted by atomic mass is 10.0. The van der Waals surface area contributed by atoms with E-state index in [0.717, 1.165) is 77.0 Å². The number of ether oxygens (including phenoxy) is 2. The predicted octanol–water partition coefficient (Wildman–Crippen LogP) is 14.8. The zero-order chi connectivity index (χ0) is 46.2. The van der Waals surface area contributed by atoms with Gasteiger partial charge in [0.25, 0.3) is 0 Å². The van der Waals surface area contributed by atoms with Crippen LogP contribution in [0.25, 0.3) is 0 Å². The number of carboxylic acids is 1. The molecular weight excluding hydrogens is 814 g/mol. The molecule has 63 heavy (non-hydrogen) atoms. The van der Waals surface area contributed by atoms with Gasteiger partial charge in [-0.2, -0.15) is 0 Å². The molecule has 0 amide bonds. The minimum Gasteiger partial charge on any atom is -0.480 e. The first-order valence-corrected chi connectivity index (χ1v) is 26.8. The van der Waals surface area contributed by atoms with Crippen molar-refractivity contribution in [3.05, 3.63) is 60.8 Å². The highest BCUT2D eigenvalue weighted by molar-refractivity contribution is 7.47. The van der Waals surface area contributed by atoms with E-state index in [4.69, 9.17) is 29.4 Å². The van der Waals surface area contributed by atoms with E-state index < -0.39 is 45.1 Å². The first-order chi connectivity index (χ1) is 30.7. The number of esters is 1. The van der Waals surface area contributed by atoms with Gasteiger partial charge in [-0.25, -0.2) is 4.57 Å². The molecule has 0 saturated heterocycles. The van der Waals surface area contributed by atoms with Gasteiger partial charge in [0.1, 0.15) is 12.1 Å². The molecule has 0 aliphatic heterocycles. The van der Waals surface area contributed by atoms with Crippen LogP contribution in [0.1, 0.15) is 219 Å². The molecule has 0 fully saturated rings. The lowest BCUT2D eigenvalue weighted by Crippen LogP contribution is -2.34. The maximum atomic E-state index is 12.7. The molecule has 0 aliphatic rings. The number of aliphatic carboxylic acids is 1. The summed E-state index contributed by atoms with van der Waals surface area (Å²) in [6.45, 7) is 3.78. The van der Waals surface area contributed by atoms with Crippen molar-refractivity contribution in [1.29, 1.82) is 0 Å². The first-order valence-electron chi connectivity index (χ1n) is 25.3. The summed E-state index contributed by atoms with van der Waals surface area (Å²) in [6.07, 6.45) is 58.4. The van der Waals surface area contributed by atoms with E-state index in [9.17, 15) is 19.0 Å². The van der Waals surface area contributed by atoms with E-state index in [0.29, 0.717) is 13.0 Å². The van der Waals surface area contributed by atoms with Gasteiger partial charge >= 0.3 is 19.8 Å². The van der Waals surface area contributed by atoms with Gasteiger partial charge in [0.2, 0.25) is 0 Å². The second-order valence-corrected chi connectivity index (χ2v) is 18.4. The van der Waals surface area contributed by atoms with Gasteiger partial charge in [0.05, 0.1) is 19.8 Å². The topological polar surface area (TPSA) is 155 Å². The second kappa shape index (κ2) is 47.6. The number of phosphoric acid groups is 1. The van der Waals surface area contributed by atoms with Crippen molar-refractivity contribution in [2.45, 2.75) is 231 Å². The number of rotatable bonds is 48. The van der Waals surface area contributed by atoms with Crippen LogP contribution in [-0.2, 0) is 32.7 Å². The van der Waals surface area contributed by atoms with Crippen LogP contribution in [0.15, 0.2) is 60.8 Å². The van der Waals surface area contributed by atoms with Crippen molar-refractivity contribution in [3.63, 3.8) is 0 Å². The Bertz CT molecular complexity index is 1230. The Morgan fingerprint density at radius 1 is 0.524 bits per heavy atom. The molecule has 0 aromatic heterocycles. The van der Waals surface area contributed by atoms with Crippen LogP contribution in [0, 0.1) is 0 Å². The number of carbonyl (C=O) groups excluding carboxylic acids is 1. The smallest absolute Gasteiger partial charge is 0.472 e. The third-order valence-electron chi connectivity index (χ3n) is 10.8.